The second-order valence-electron chi connectivity index (χ2n) is 6.73. The van der Waals surface area contributed by atoms with E-state index in [1.165, 1.54) is 0 Å². The van der Waals surface area contributed by atoms with Gasteiger partial charge in [-0.05, 0) is 30.5 Å². The third kappa shape index (κ3) is 9.02. The van der Waals surface area contributed by atoms with E-state index in [1.807, 2.05) is 62.5 Å². The van der Waals surface area contributed by atoms with E-state index in [9.17, 15) is 4.79 Å². The molecule has 0 bridgehead atoms. The van der Waals surface area contributed by atoms with Gasteiger partial charge in [-0.25, -0.2) is 0 Å². The number of para-hydroxylation sites is 1. The van der Waals surface area contributed by atoms with Crippen LogP contribution in [-0.2, 0) is 17.8 Å². The molecule has 0 spiro atoms. The average molecular weight is 524 g/mol. The van der Waals surface area contributed by atoms with Gasteiger partial charge in [-0.3, -0.25) is 9.79 Å². The number of nitrogens with one attached hydrogen (secondary N) is 2. The molecule has 7 heteroatoms. The molecule has 2 N–H and O–H groups in total. The van der Waals surface area contributed by atoms with Crippen molar-refractivity contribution >= 4 is 35.8 Å². The molecule has 1 amide bonds. The van der Waals surface area contributed by atoms with Crippen LogP contribution in [0.1, 0.15) is 24.5 Å². The summed E-state index contributed by atoms with van der Waals surface area (Å²) in [5.74, 6) is 1.70. The molecule has 0 heterocycles. The molecule has 0 aliphatic heterocycles. The van der Waals surface area contributed by atoms with Crippen LogP contribution in [0.25, 0.3) is 0 Å². The van der Waals surface area contributed by atoms with Gasteiger partial charge in [-0.2, -0.15) is 0 Å². The quantitative estimate of drug-likeness (QED) is 0.284. The SMILES string of the molecule is CCNC(=NCCC(=O)N(C)Cc1ccccc1)NCCc1ccccc1OC.I. The smallest absolute Gasteiger partial charge is 0.224 e. The number of nitrogens with zero attached hydrogens (tertiary/aromatic N) is 2. The molecule has 0 aromatic heterocycles. The average Bonchev–Trinajstić information content (AvgIpc) is 2.74. The number of hydrogen-bond acceptors (Lipinski definition) is 3. The van der Waals surface area contributed by atoms with Crippen LogP contribution >= 0.6 is 24.0 Å². The predicted octanol–water partition coefficient (Wildman–Crippen LogP) is 3.46. The first kappa shape index (κ1) is 25.7. The lowest BCUT2D eigenvalue weighted by Gasteiger charge is -2.17. The zero-order valence-electron chi connectivity index (χ0n) is 18.1. The molecule has 2 aromatic rings. The Morgan fingerprint density at radius 1 is 1.07 bits per heavy atom. The Bertz CT molecular complexity index is 784. The summed E-state index contributed by atoms with van der Waals surface area (Å²) < 4.78 is 5.39. The van der Waals surface area contributed by atoms with Crippen molar-refractivity contribution in [2.75, 3.05) is 33.8 Å². The number of rotatable bonds is 10. The molecular formula is C23H33IN4O2. The van der Waals surface area contributed by atoms with E-state index in [1.54, 1.807) is 12.0 Å². The summed E-state index contributed by atoms with van der Waals surface area (Å²) in [6.45, 7) is 4.58. The number of amides is 1. The summed E-state index contributed by atoms with van der Waals surface area (Å²) in [5, 5.41) is 6.54. The maximum Gasteiger partial charge on any atom is 0.224 e. The minimum Gasteiger partial charge on any atom is -0.496 e. The van der Waals surface area contributed by atoms with E-state index in [0.29, 0.717) is 19.5 Å². The number of carbonyl (C=O) groups is 1. The molecule has 0 aliphatic carbocycles. The lowest BCUT2D eigenvalue weighted by Crippen LogP contribution is -2.38. The van der Waals surface area contributed by atoms with Crippen LogP contribution in [0.15, 0.2) is 59.6 Å². The summed E-state index contributed by atoms with van der Waals surface area (Å²) in [6, 6.07) is 18.0. The van der Waals surface area contributed by atoms with Crippen molar-refractivity contribution in [3.05, 3.63) is 65.7 Å². The first-order valence-electron chi connectivity index (χ1n) is 10.1. The molecule has 0 saturated heterocycles. The van der Waals surface area contributed by atoms with Crippen molar-refractivity contribution in [3.63, 3.8) is 0 Å². The van der Waals surface area contributed by atoms with Gasteiger partial charge in [0.1, 0.15) is 5.75 Å². The topological polar surface area (TPSA) is 66.0 Å². The van der Waals surface area contributed by atoms with Gasteiger partial charge in [0.2, 0.25) is 5.91 Å². The number of benzene rings is 2. The van der Waals surface area contributed by atoms with Crippen LogP contribution in [0.5, 0.6) is 5.75 Å². The van der Waals surface area contributed by atoms with Crippen molar-refractivity contribution < 1.29 is 9.53 Å². The zero-order chi connectivity index (χ0) is 20.9. The number of hydrogen-bond donors (Lipinski definition) is 2. The Morgan fingerprint density at radius 2 is 1.77 bits per heavy atom. The van der Waals surface area contributed by atoms with Crippen molar-refractivity contribution in [2.24, 2.45) is 4.99 Å². The fourth-order valence-electron chi connectivity index (χ4n) is 2.97. The third-order valence-corrected chi connectivity index (χ3v) is 4.51. The van der Waals surface area contributed by atoms with Gasteiger partial charge in [0.25, 0.3) is 0 Å². The first-order valence-corrected chi connectivity index (χ1v) is 10.1. The summed E-state index contributed by atoms with van der Waals surface area (Å²) in [6.07, 6.45) is 1.21. The summed E-state index contributed by atoms with van der Waals surface area (Å²) in [5.41, 5.74) is 2.27. The highest BCUT2D eigenvalue weighted by Gasteiger charge is 2.09. The number of halogens is 1. The second-order valence-corrected chi connectivity index (χ2v) is 6.73. The molecule has 6 nitrogen and oxygen atoms in total. The summed E-state index contributed by atoms with van der Waals surface area (Å²) >= 11 is 0. The Balaban J connectivity index is 0.00000450. The van der Waals surface area contributed by atoms with Crippen LogP contribution in [0.3, 0.4) is 0 Å². The van der Waals surface area contributed by atoms with E-state index in [4.69, 9.17) is 4.74 Å². The Kier molecular flexibility index (Phi) is 12.6. The second kappa shape index (κ2) is 14.7. The van der Waals surface area contributed by atoms with E-state index in [0.717, 1.165) is 42.3 Å². The fraction of sp³-hybridized carbons (Fsp3) is 0.391. The summed E-state index contributed by atoms with van der Waals surface area (Å²) in [7, 11) is 3.51. The van der Waals surface area contributed by atoms with Crippen LogP contribution < -0.4 is 15.4 Å². The van der Waals surface area contributed by atoms with E-state index < -0.39 is 0 Å². The predicted molar refractivity (Wildman–Crippen MR) is 134 cm³/mol. The molecule has 2 rings (SSSR count). The largest absolute Gasteiger partial charge is 0.496 e. The maximum absolute atomic E-state index is 12.4. The highest BCUT2D eigenvalue weighted by Crippen LogP contribution is 2.17. The first-order chi connectivity index (χ1) is 14.1. The van der Waals surface area contributed by atoms with Gasteiger partial charge in [-0.15, -0.1) is 24.0 Å². The minimum atomic E-state index is 0. The Morgan fingerprint density at radius 3 is 2.47 bits per heavy atom. The van der Waals surface area contributed by atoms with Crippen molar-refractivity contribution in [1.29, 1.82) is 0 Å². The molecule has 0 aliphatic rings. The van der Waals surface area contributed by atoms with Crippen LogP contribution in [0, 0.1) is 0 Å². The van der Waals surface area contributed by atoms with Crippen LogP contribution in [0.4, 0.5) is 0 Å². The van der Waals surface area contributed by atoms with Crippen molar-refractivity contribution in [2.45, 2.75) is 26.3 Å². The number of methoxy groups -OCH3 is 1. The monoisotopic (exact) mass is 524 g/mol. The van der Waals surface area contributed by atoms with Gasteiger partial charge < -0.3 is 20.3 Å². The Hall–Kier alpha value is -2.29. The van der Waals surface area contributed by atoms with Crippen LogP contribution in [-0.4, -0.2) is 50.6 Å². The molecule has 0 saturated carbocycles. The number of guanidine groups is 1. The minimum absolute atomic E-state index is 0. The maximum atomic E-state index is 12.4. The molecular weight excluding hydrogens is 491 g/mol. The summed E-state index contributed by atoms with van der Waals surface area (Å²) in [4.78, 5) is 18.6. The van der Waals surface area contributed by atoms with Gasteiger partial charge >= 0.3 is 0 Å². The normalized spacial score (nSPS) is 10.7. The van der Waals surface area contributed by atoms with Crippen molar-refractivity contribution in [1.82, 2.24) is 15.5 Å². The lowest BCUT2D eigenvalue weighted by molar-refractivity contribution is -0.130. The van der Waals surface area contributed by atoms with Crippen LogP contribution in [0.2, 0.25) is 0 Å². The highest BCUT2D eigenvalue weighted by atomic mass is 127. The Labute approximate surface area is 197 Å². The highest BCUT2D eigenvalue weighted by molar-refractivity contribution is 14.0. The van der Waals surface area contributed by atoms with Gasteiger partial charge in [-0.1, -0.05) is 48.5 Å². The fourth-order valence-corrected chi connectivity index (χ4v) is 2.97. The molecule has 30 heavy (non-hydrogen) atoms. The standard InChI is InChI=1S/C23H32N4O2.HI/c1-4-24-23(25-16-14-20-12-8-9-13-21(20)29-3)26-17-15-22(28)27(2)18-19-10-6-5-7-11-19;/h5-13H,4,14-18H2,1-3H3,(H2,24,25,26);1H. The molecule has 0 unspecified atom stereocenters. The molecule has 0 radical (unpaired) electrons. The van der Waals surface area contributed by atoms with E-state index in [-0.39, 0.29) is 29.9 Å². The van der Waals surface area contributed by atoms with Gasteiger partial charge in [0, 0.05) is 33.1 Å². The number of ether oxygens (including phenoxy) is 1. The van der Waals surface area contributed by atoms with E-state index >= 15 is 0 Å². The van der Waals surface area contributed by atoms with Gasteiger partial charge in [0.05, 0.1) is 13.7 Å². The third-order valence-electron chi connectivity index (χ3n) is 4.51. The number of carbonyl (C=O) groups excluding carboxylic acids is 1. The molecule has 0 atom stereocenters. The number of aliphatic imine (C=N–C) groups is 1. The molecule has 0 fully saturated rings. The lowest BCUT2D eigenvalue weighted by atomic mass is 10.1. The van der Waals surface area contributed by atoms with E-state index in [2.05, 4.69) is 21.7 Å². The van der Waals surface area contributed by atoms with Crippen molar-refractivity contribution in [3.8, 4) is 5.75 Å². The molecule has 2 aromatic carbocycles. The van der Waals surface area contributed by atoms with Gasteiger partial charge in [0.15, 0.2) is 5.96 Å². The molecule has 164 valence electrons. The zero-order valence-corrected chi connectivity index (χ0v) is 20.4.